The molecule has 0 saturated carbocycles. The summed E-state index contributed by atoms with van der Waals surface area (Å²) in [6.07, 6.45) is 2.75. The predicted octanol–water partition coefficient (Wildman–Crippen LogP) is 2.12. The largest absolute Gasteiger partial charge is 0.328 e. The first-order chi connectivity index (χ1) is 6.77. The molecule has 2 heteroatoms. The van der Waals surface area contributed by atoms with Crippen LogP contribution in [0.2, 0.25) is 0 Å². The first kappa shape index (κ1) is 9.16. The number of aromatic nitrogens is 1. The highest BCUT2D eigenvalue weighted by Crippen LogP contribution is 2.16. The molecule has 2 rings (SSSR count). The number of hydrogen-bond donors (Lipinski definition) is 1. The van der Waals surface area contributed by atoms with E-state index in [1.54, 1.807) is 0 Å². The normalized spacial score (nSPS) is 13.0. The first-order valence-electron chi connectivity index (χ1n) is 4.85. The van der Waals surface area contributed by atoms with Gasteiger partial charge in [-0.2, -0.15) is 0 Å². The third kappa shape index (κ3) is 1.75. The second-order valence-electron chi connectivity index (χ2n) is 3.67. The molecule has 2 aromatic rings. The van der Waals surface area contributed by atoms with Crippen LogP contribution in [0, 0.1) is 0 Å². The molecule has 0 unspecified atom stereocenters. The lowest BCUT2D eigenvalue weighted by Crippen LogP contribution is -2.17. The van der Waals surface area contributed by atoms with Crippen molar-refractivity contribution in [1.82, 2.24) is 4.98 Å². The average Bonchev–Trinajstić information content (AvgIpc) is 2.18. The fraction of sp³-hybridized carbons (Fsp3) is 0.250. The van der Waals surface area contributed by atoms with Gasteiger partial charge >= 0.3 is 0 Å². The molecule has 0 radical (unpaired) electrons. The van der Waals surface area contributed by atoms with E-state index in [9.17, 15) is 0 Å². The van der Waals surface area contributed by atoms with Gasteiger partial charge in [0.1, 0.15) is 0 Å². The predicted molar refractivity (Wildman–Crippen MR) is 59.1 cm³/mol. The Hall–Kier alpha value is -1.41. The molecule has 0 bridgehead atoms. The van der Waals surface area contributed by atoms with Gasteiger partial charge in [0, 0.05) is 17.6 Å². The van der Waals surface area contributed by atoms with Crippen LogP contribution in [0.3, 0.4) is 0 Å². The standard InChI is InChI=1S/C12H14N2/c1-9(13)8-10-6-7-14-12-5-3-2-4-11(10)12/h2-7,9H,8,13H2,1H3/t9-/m0/s1. The lowest BCUT2D eigenvalue weighted by atomic mass is 10.0. The molecule has 0 amide bonds. The molecule has 2 N–H and O–H groups in total. The molecule has 0 aliphatic rings. The molecule has 0 aliphatic carbocycles. The Morgan fingerprint density at radius 2 is 2.07 bits per heavy atom. The lowest BCUT2D eigenvalue weighted by Gasteiger charge is -2.07. The van der Waals surface area contributed by atoms with E-state index in [2.05, 4.69) is 11.1 Å². The molecular formula is C12H14N2. The smallest absolute Gasteiger partial charge is 0.0704 e. The van der Waals surface area contributed by atoms with Crippen molar-refractivity contribution in [2.45, 2.75) is 19.4 Å². The molecule has 0 spiro atoms. The van der Waals surface area contributed by atoms with Crippen LogP contribution in [0.25, 0.3) is 10.9 Å². The van der Waals surface area contributed by atoms with Gasteiger partial charge in [-0.15, -0.1) is 0 Å². The summed E-state index contributed by atoms with van der Waals surface area (Å²) in [5.41, 5.74) is 8.12. The quantitative estimate of drug-likeness (QED) is 0.780. The summed E-state index contributed by atoms with van der Waals surface area (Å²) in [6.45, 7) is 2.02. The van der Waals surface area contributed by atoms with E-state index in [0.717, 1.165) is 11.9 Å². The Bertz CT molecular complexity index is 430. The van der Waals surface area contributed by atoms with Crippen molar-refractivity contribution in [1.29, 1.82) is 0 Å². The second-order valence-corrected chi connectivity index (χ2v) is 3.67. The van der Waals surface area contributed by atoms with Crippen LogP contribution < -0.4 is 5.73 Å². The highest BCUT2D eigenvalue weighted by Gasteiger charge is 2.02. The number of pyridine rings is 1. The van der Waals surface area contributed by atoms with E-state index in [0.29, 0.717) is 0 Å². The molecule has 0 aliphatic heterocycles. The summed E-state index contributed by atoms with van der Waals surface area (Å²) in [7, 11) is 0. The van der Waals surface area contributed by atoms with Crippen LogP contribution >= 0.6 is 0 Å². The summed E-state index contributed by atoms with van der Waals surface area (Å²) < 4.78 is 0. The maximum atomic E-state index is 5.80. The van der Waals surface area contributed by atoms with E-state index >= 15 is 0 Å². The monoisotopic (exact) mass is 186 g/mol. The van der Waals surface area contributed by atoms with E-state index in [1.807, 2.05) is 37.4 Å². The second kappa shape index (κ2) is 3.76. The van der Waals surface area contributed by atoms with Gasteiger partial charge in [0.2, 0.25) is 0 Å². The molecule has 1 aromatic heterocycles. The Balaban J connectivity index is 2.53. The fourth-order valence-electron chi connectivity index (χ4n) is 1.68. The number of nitrogens with zero attached hydrogens (tertiary/aromatic N) is 1. The van der Waals surface area contributed by atoms with E-state index in [4.69, 9.17) is 5.73 Å². The van der Waals surface area contributed by atoms with Crippen LogP contribution in [0.5, 0.6) is 0 Å². The van der Waals surface area contributed by atoms with Gasteiger partial charge in [0.25, 0.3) is 0 Å². The van der Waals surface area contributed by atoms with Crippen molar-refractivity contribution < 1.29 is 0 Å². The van der Waals surface area contributed by atoms with E-state index < -0.39 is 0 Å². The van der Waals surface area contributed by atoms with Crippen LogP contribution in [0.15, 0.2) is 36.5 Å². The Morgan fingerprint density at radius 3 is 2.86 bits per heavy atom. The molecule has 2 nitrogen and oxygen atoms in total. The summed E-state index contributed by atoms with van der Waals surface area (Å²) in [5, 5.41) is 1.22. The number of hydrogen-bond acceptors (Lipinski definition) is 2. The minimum Gasteiger partial charge on any atom is -0.328 e. The molecule has 0 fully saturated rings. The van der Waals surface area contributed by atoms with Gasteiger partial charge in [-0.05, 0) is 31.0 Å². The average molecular weight is 186 g/mol. The minimum atomic E-state index is 0.195. The number of benzene rings is 1. The van der Waals surface area contributed by atoms with Crippen molar-refractivity contribution >= 4 is 10.9 Å². The molecule has 1 heterocycles. The maximum Gasteiger partial charge on any atom is 0.0704 e. The van der Waals surface area contributed by atoms with Gasteiger partial charge in [-0.25, -0.2) is 0 Å². The zero-order chi connectivity index (χ0) is 9.97. The zero-order valence-corrected chi connectivity index (χ0v) is 8.27. The van der Waals surface area contributed by atoms with Gasteiger partial charge in [-0.1, -0.05) is 18.2 Å². The van der Waals surface area contributed by atoms with E-state index in [1.165, 1.54) is 10.9 Å². The molecule has 0 saturated heterocycles. The molecule has 72 valence electrons. The van der Waals surface area contributed by atoms with Gasteiger partial charge < -0.3 is 5.73 Å². The summed E-state index contributed by atoms with van der Waals surface area (Å²) in [6, 6.07) is 10.4. The highest BCUT2D eigenvalue weighted by molar-refractivity contribution is 5.81. The third-order valence-corrected chi connectivity index (χ3v) is 2.28. The molecule has 1 atom stereocenters. The topological polar surface area (TPSA) is 38.9 Å². The number of nitrogens with two attached hydrogens (primary N) is 1. The fourth-order valence-corrected chi connectivity index (χ4v) is 1.68. The SMILES string of the molecule is C[C@H](N)Cc1ccnc2ccccc12. The summed E-state index contributed by atoms with van der Waals surface area (Å²) in [5.74, 6) is 0. The van der Waals surface area contributed by atoms with Crippen LogP contribution in [0.1, 0.15) is 12.5 Å². The van der Waals surface area contributed by atoms with Crippen LogP contribution in [-0.4, -0.2) is 11.0 Å². The zero-order valence-electron chi connectivity index (χ0n) is 8.27. The van der Waals surface area contributed by atoms with Crippen molar-refractivity contribution in [3.8, 4) is 0 Å². The number of rotatable bonds is 2. The Labute approximate surface area is 83.8 Å². The lowest BCUT2D eigenvalue weighted by molar-refractivity contribution is 0.741. The molecule has 1 aromatic carbocycles. The van der Waals surface area contributed by atoms with Crippen LogP contribution in [0.4, 0.5) is 0 Å². The Morgan fingerprint density at radius 1 is 1.29 bits per heavy atom. The summed E-state index contributed by atoms with van der Waals surface area (Å²) >= 11 is 0. The van der Waals surface area contributed by atoms with Crippen molar-refractivity contribution in [2.75, 3.05) is 0 Å². The first-order valence-corrected chi connectivity index (χ1v) is 4.85. The third-order valence-electron chi connectivity index (χ3n) is 2.28. The molecular weight excluding hydrogens is 172 g/mol. The number of para-hydroxylation sites is 1. The van der Waals surface area contributed by atoms with Gasteiger partial charge in [0.05, 0.1) is 5.52 Å². The Kier molecular flexibility index (Phi) is 2.46. The molecule has 14 heavy (non-hydrogen) atoms. The van der Waals surface area contributed by atoms with Gasteiger partial charge in [-0.3, -0.25) is 4.98 Å². The van der Waals surface area contributed by atoms with Gasteiger partial charge in [0.15, 0.2) is 0 Å². The highest BCUT2D eigenvalue weighted by atomic mass is 14.6. The van der Waals surface area contributed by atoms with Crippen molar-refractivity contribution in [2.24, 2.45) is 5.73 Å². The van der Waals surface area contributed by atoms with Crippen molar-refractivity contribution in [3.63, 3.8) is 0 Å². The maximum absolute atomic E-state index is 5.80. The van der Waals surface area contributed by atoms with Crippen molar-refractivity contribution in [3.05, 3.63) is 42.1 Å². The van der Waals surface area contributed by atoms with Crippen LogP contribution in [-0.2, 0) is 6.42 Å². The summed E-state index contributed by atoms with van der Waals surface area (Å²) in [4.78, 5) is 4.31. The minimum absolute atomic E-state index is 0.195. The number of fused-ring (bicyclic) bond motifs is 1. The van der Waals surface area contributed by atoms with E-state index in [-0.39, 0.29) is 6.04 Å².